The molecule has 2 N–H and O–H groups in total. The van der Waals surface area contributed by atoms with Crippen LogP contribution in [0, 0.1) is 0 Å². The zero-order valence-corrected chi connectivity index (χ0v) is 16.7. The van der Waals surface area contributed by atoms with Crippen LogP contribution in [0.15, 0.2) is 48.5 Å². The van der Waals surface area contributed by atoms with Crippen molar-refractivity contribution in [3.05, 3.63) is 54.1 Å². The number of hydrogen-bond acceptors (Lipinski definition) is 6. The fourth-order valence-corrected chi connectivity index (χ4v) is 2.76. The molecule has 0 heterocycles. The van der Waals surface area contributed by atoms with Crippen molar-refractivity contribution >= 4 is 0 Å². The Kier molecular flexibility index (Phi) is 9.62. The summed E-state index contributed by atoms with van der Waals surface area (Å²) in [5.41, 5.74) is 1.13. The molecular weight excluding hydrogens is 358 g/mol. The fourth-order valence-electron chi connectivity index (χ4n) is 2.76. The molecule has 2 rings (SSSR count). The van der Waals surface area contributed by atoms with Gasteiger partial charge in [0.1, 0.15) is 18.5 Å². The molecular formula is C22H31NO5. The standard InChI is InChI=1S/C22H31NO5/c1-3-26-21-7-4-5-8-22(21)28-17-19(25)16-23(2)15-18-9-11-20(12-10-18)27-14-6-13-24/h4-5,7-12,19,24-25H,3,6,13-17H2,1-2H3. The maximum Gasteiger partial charge on any atom is 0.161 e. The van der Waals surface area contributed by atoms with Gasteiger partial charge in [0.15, 0.2) is 11.5 Å². The van der Waals surface area contributed by atoms with Crippen LogP contribution >= 0.6 is 0 Å². The maximum atomic E-state index is 10.3. The van der Waals surface area contributed by atoms with Gasteiger partial charge in [0.2, 0.25) is 0 Å². The first-order valence-electron chi connectivity index (χ1n) is 9.66. The van der Waals surface area contributed by atoms with Crippen molar-refractivity contribution in [3.8, 4) is 17.2 Å². The molecule has 0 spiro atoms. The van der Waals surface area contributed by atoms with Crippen molar-refractivity contribution in [3.63, 3.8) is 0 Å². The first-order valence-corrected chi connectivity index (χ1v) is 9.66. The molecule has 6 heteroatoms. The summed E-state index contributed by atoms with van der Waals surface area (Å²) in [7, 11) is 1.96. The number of ether oxygens (including phenoxy) is 3. The summed E-state index contributed by atoms with van der Waals surface area (Å²) in [5.74, 6) is 2.12. The summed E-state index contributed by atoms with van der Waals surface area (Å²) in [6.45, 7) is 4.53. The largest absolute Gasteiger partial charge is 0.494 e. The van der Waals surface area contributed by atoms with Crippen molar-refractivity contribution in [1.29, 1.82) is 0 Å². The van der Waals surface area contributed by atoms with E-state index in [0.29, 0.717) is 44.2 Å². The van der Waals surface area contributed by atoms with E-state index in [4.69, 9.17) is 19.3 Å². The van der Waals surface area contributed by atoms with Crippen LogP contribution in [0.4, 0.5) is 0 Å². The zero-order chi connectivity index (χ0) is 20.2. The molecule has 0 saturated heterocycles. The summed E-state index contributed by atoms with van der Waals surface area (Å²) >= 11 is 0. The lowest BCUT2D eigenvalue weighted by atomic mass is 10.2. The zero-order valence-electron chi connectivity index (χ0n) is 16.7. The van der Waals surface area contributed by atoms with Gasteiger partial charge in [0.25, 0.3) is 0 Å². The second-order valence-corrected chi connectivity index (χ2v) is 6.61. The Balaban J connectivity index is 1.75. The summed E-state index contributed by atoms with van der Waals surface area (Å²) < 4.78 is 16.8. The van der Waals surface area contributed by atoms with E-state index in [1.165, 1.54) is 0 Å². The van der Waals surface area contributed by atoms with Gasteiger partial charge >= 0.3 is 0 Å². The highest BCUT2D eigenvalue weighted by Crippen LogP contribution is 2.26. The van der Waals surface area contributed by atoms with Crippen LogP contribution in [0.5, 0.6) is 17.2 Å². The molecule has 0 radical (unpaired) electrons. The minimum Gasteiger partial charge on any atom is -0.494 e. The topological polar surface area (TPSA) is 71.4 Å². The third-order valence-electron chi connectivity index (χ3n) is 4.05. The molecule has 1 unspecified atom stereocenters. The van der Waals surface area contributed by atoms with Crippen LogP contribution in [0.2, 0.25) is 0 Å². The summed E-state index contributed by atoms with van der Waals surface area (Å²) in [6, 6.07) is 15.3. The Bertz CT molecular complexity index is 677. The lowest BCUT2D eigenvalue weighted by molar-refractivity contribution is 0.0730. The third kappa shape index (κ3) is 7.76. The molecule has 0 saturated carbocycles. The van der Waals surface area contributed by atoms with Gasteiger partial charge in [-0.2, -0.15) is 0 Å². The van der Waals surface area contributed by atoms with Gasteiger partial charge in [-0.25, -0.2) is 0 Å². The van der Waals surface area contributed by atoms with Crippen LogP contribution in [-0.2, 0) is 6.54 Å². The molecule has 28 heavy (non-hydrogen) atoms. The van der Waals surface area contributed by atoms with E-state index in [0.717, 1.165) is 11.3 Å². The quantitative estimate of drug-likeness (QED) is 0.513. The molecule has 2 aromatic rings. The van der Waals surface area contributed by atoms with E-state index in [1.807, 2.05) is 67.4 Å². The van der Waals surface area contributed by atoms with Crippen molar-refractivity contribution in [2.75, 3.05) is 40.0 Å². The molecule has 2 aromatic carbocycles. The van der Waals surface area contributed by atoms with E-state index in [9.17, 15) is 5.11 Å². The van der Waals surface area contributed by atoms with Crippen LogP contribution in [0.3, 0.4) is 0 Å². The summed E-state index contributed by atoms with van der Waals surface area (Å²) in [4.78, 5) is 2.05. The van der Waals surface area contributed by atoms with Gasteiger partial charge in [-0.1, -0.05) is 24.3 Å². The molecule has 1 atom stereocenters. The monoisotopic (exact) mass is 389 g/mol. The lowest BCUT2D eigenvalue weighted by Gasteiger charge is -2.21. The second-order valence-electron chi connectivity index (χ2n) is 6.61. The Morgan fingerprint density at radius 3 is 2.29 bits per heavy atom. The maximum absolute atomic E-state index is 10.3. The number of nitrogens with zero attached hydrogens (tertiary/aromatic N) is 1. The van der Waals surface area contributed by atoms with Crippen molar-refractivity contribution in [1.82, 2.24) is 4.90 Å². The highest BCUT2D eigenvalue weighted by Gasteiger charge is 2.12. The highest BCUT2D eigenvalue weighted by atomic mass is 16.5. The Morgan fingerprint density at radius 1 is 0.964 bits per heavy atom. The average Bonchev–Trinajstić information content (AvgIpc) is 2.69. The average molecular weight is 389 g/mol. The number of aliphatic hydroxyl groups excluding tert-OH is 2. The minimum absolute atomic E-state index is 0.131. The van der Waals surface area contributed by atoms with Crippen LogP contribution in [-0.4, -0.2) is 61.2 Å². The van der Waals surface area contributed by atoms with E-state index < -0.39 is 6.10 Å². The van der Waals surface area contributed by atoms with Crippen molar-refractivity contribution in [2.24, 2.45) is 0 Å². The number of hydrogen-bond donors (Lipinski definition) is 2. The van der Waals surface area contributed by atoms with Gasteiger partial charge in [0.05, 0.1) is 13.2 Å². The molecule has 0 aliphatic carbocycles. The summed E-state index contributed by atoms with van der Waals surface area (Å²) in [6.07, 6.45) is 0.0141. The highest BCUT2D eigenvalue weighted by molar-refractivity contribution is 5.39. The molecule has 0 bridgehead atoms. The lowest BCUT2D eigenvalue weighted by Crippen LogP contribution is -2.32. The van der Waals surface area contributed by atoms with Crippen LogP contribution in [0.25, 0.3) is 0 Å². The molecule has 0 aromatic heterocycles. The van der Waals surface area contributed by atoms with E-state index in [2.05, 4.69) is 0 Å². The molecule has 0 aliphatic heterocycles. The molecule has 0 amide bonds. The molecule has 0 aliphatic rings. The van der Waals surface area contributed by atoms with Gasteiger partial charge in [-0.15, -0.1) is 0 Å². The Hall–Kier alpha value is -2.28. The normalized spacial score (nSPS) is 12.0. The Morgan fingerprint density at radius 2 is 1.64 bits per heavy atom. The molecule has 6 nitrogen and oxygen atoms in total. The smallest absolute Gasteiger partial charge is 0.161 e. The molecule has 0 fully saturated rings. The predicted octanol–water partition coefficient (Wildman–Crippen LogP) is 2.72. The van der Waals surface area contributed by atoms with Gasteiger partial charge in [0, 0.05) is 26.1 Å². The second kappa shape index (κ2) is 12.2. The van der Waals surface area contributed by atoms with E-state index in [1.54, 1.807) is 0 Å². The number of benzene rings is 2. The van der Waals surface area contributed by atoms with Crippen molar-refractivity contribution in [2.45, 2.75) is 26.0 Å². The first-order chi connectivity index (χ1) is 13.6. The van der Waals surface area contributed by atoms with E-state index >= 15 is 0 Å². The van der Waals surface area contributed by atoms with E-state index in [-0.39, 0.29) is 13.2 Å². The van der Waals surface area contributed by atoms with Crippen molar-refractivity contribution < 1.29 is 24.4 Å². The number of rotatable bonds is 13. The van der Waals surface area contributed by atoms with Crippen LogP contribution < -0.4 is 14.2 Å². The van der Waals surface area contributed by atoms with Gasteiger partial charge < -0.3 is 24.4 Å². The third-order valence-corrected chi connectivity index (χ3v) is 4.05. The van der Waals surface area contributed by atoms with Gasteiger partial charge in [-0.3, -0.25) is 4.90 Å². The summed E-state index contributed by atoms with van der Waals surface area (Å²) in [5, 5.41) is 19.1. The Labute approximate surface area is 167 Å². The molecule has 154 valence electrons. The fraction of sp³-hybridized carbons (Fsp3) is 0.455. The number of para-hydroxylation sites is 2. The predicted molar refractivity (Wildman–Crippen MR) is 109 cm³/mol. The first kappa shape index (κ1) is 22.0. The number of aliphatic hydroxyl groups is 2. The number of likely N-dealkylation sites (N-methyl/N-ethyl adjacent to an activating group) is 1. The van der Waals surface area contributed by atoms with Gasteiger partial charge in [-0.05, 0) is 43.8 Å². The minimum atomic E-state index is -0.610. The van der Waals surface area contributed by atoms with Crippen LogP contribution in [0.1, 0.15) is 18.9 Å². The SMILES string of the molecule is CCOc1ccccc1OCC(O)CN(C)Cc1ccc(OCCCO)cc1.